The lowest BCUT2D eigenvalue weighted by molar-refractivity contribution is 0.149. The molecule has 90 valence electrons. The van der Waals surface area contributed by atoms with Gasteiger partial charge >= 0.3 is 0 Å². The lowest BCUT2D eigenvalue weighted by Gasteiger charge is -2.20. The number of aryl methyl sites for hydroxylation is 1. The van der Waals surface area contributed by atoms with E-state index in [2.05, 4.69) is 0 Å². The molecule has 4 N–H and O–H groups in total. The van der Waals surface area contributed by atoms with Gasteiger partial charge in [0, 0.05) is 11.6 Å². The molecule has 0 aliphatic heterocycles. The second-order valence-corrected chi connectivity index (χ2v) is 4.15. The second-order valence-electron chi connectivity index (χ2n) is 3.78. The van der Waals surface area contributed by atoms with Crippen molar-refractivity contribution in [2.24, 2.45) is 5.73 Å². The first kappa shape index (κ1) is 13.1. The van der Waals surface area contributed by atoms with E-state index in [0.717, 1.165) is 0 Å². The molecule has 1 aromatic carbocycles. The number of rotatable bonds is 3. The van der Waals surface area contributed by atoms with Gasteiger partial charge in [0.2, 0.25) is 0 Å². The van der Waals surface area contributed by atoms with Gasteiger partial charge in [0.25, 0.3) is 0 Å². The number of methoxy groups -OCH3 is 1. The van der Waals surface area contributed by atoms with Crippen LogP contribution in [0.25, 0.3) is 0 Å². The minimum atomic E-state index is -1.03. The van der Waals surface area contributed by atoms with Crippen molar-refractivity contribution in [2.75, 3.05) is 7.11 Å². The number of aliphatic hydroxyl groups is 1. The highest BCUT2D eigenvalue weighted by Gasteiger charge is 2.24. The SMILES string of the molecule is COc1cc(C)c(Cl)c(C(O)C(C)N)c1O. The Bertz CT molecular complexity index is 393. The van der Waals surface area contributed by atoms with Crippen LogP contribution in [-0.2, 0) is 0 Å². The summed E-state index contributed by atoms with van der Waals surface area (Å²) in [7, 11) is 1.43. The average molecular weight is 246 g/mol. The van der Waals surface area contributed by atoms with Crippen LogP contribution < -0.4 is 10.5 Å². The van der Waals surface area contributed by atoms with Crippen LogP contribution in [0.2, 0.25) is 5.02 Å². The van der Waals surface area contributed by atoms with Gasteiger partial charge in [-0.3, -0.25) is 0 Å². The van der Waals surface area contributed by atoms with Gasteiger partial charge in [-0.15, -0.1) is 0 Å². The van der Waals surface area contributed by atoms with Crippen LogP contribution in [0.1, 0.15) is 24.2 Å². The van der Waals surface area contributed by atoms with Gasteiger partial charge in [0.05, 0.1) is 18.2 Å². The van der Waals surface area contributed by atoms with Gasteiger partial charge in [-0.05, 0) is 25.5 Å². The van der Waals surface area contributed by atoms with E-state index in [1.165, 1.54) is 7.11 Å². The lowest BCUT2D eigenvalue weighted by Crippen LogP contribution is -2.25. The number of halogens is 1. The summed E-state index contributed by atoms with van der Waals surface area (Å²) in [5.41, 5.74) is 6.52. The second kappa shape index (κ2) is 4.91. The number of hydrogen-bond acceptors (Lipinski definition) is 4. The largest absolute Gasteiger partial charge is 0.504 e. The Morgan fingerprint density at radius 2 is 2.06 bits per heavy atom. The number of aliphatic hydroxyl groups excluding tert-OH is 1. The fourth-order valence-corrected chi connectivity index (χ4v) is 1.72. The van der Waals surface area contributed by atoms with Crippen molar-refractivity contribution in [3.05, 3.63) is 22.2 Å². The molecule has 16 heavy (non-hydrogen) atoms. The third kappa shape index (κ3) is 2.24. The molecule has 5 heteroatoms. The zero-order valence-corrected chi connectivity index (χ0v) is 10.2. The highest BCUT2D eigenvalue weighted by Crippen LogP contribution is 2.41. The first-order valence-electron chi connectivity index (χ1n) is 4.89. The molecule has 0 aliphatic rings. The number of nitrogens with two attached hydrogens (primary N) is 1. The topological polar surface area (TPSA) is 75.7 Å². The number of ether oxygens (including phenoxy) is 1. The molecule has 0 spiro atoms. The van der Waals surface area contributed by atoms with E-state index in [0.29, 0.717) is 10.6 Å². The molecule has 0 heterocycles. The van der Waals surface area contributed by atoms with Crippen LogP contribution in [0.4, 0.5) is 0 Å². The van der Waals surface area contributed by atoms with Crippen LogP contribution in [0, 0.1) is 6.92 Å². The highest BCUT2D eigenvalue weighted by atomic mass is 35.5. The Kier molecular flexibility index (Phi) is 4.02. The van der Waals surface area contributed by atoms with E-state index in [1.807, 2.05) is 0 Å². The number of aromatic hydroxyl groups is 1. The minimum Gasteiger partial charge on any atom is -0.504 e. The van der Waals surface area contributed by atoms with Crippen molar-refractivity contribution in [1.82, 2.24) is 0 Å². The summed E-state index contributed by atoms with van der Waals surface area (Å²) in [6.07, 6.45) is -1.03. The van der Waals surface area contributed by atoms with E-state index in [9.17, 15) is 10.2 Å². The summed E-state index contributed by atoms with van der Waals surface area (Å²) >= 11 is 6.04. The van der Waals surface area contributed by atoms with E-state index < -0.39 is 12.1 Å². The molecule has 1 rings (SSSR count). The molecule has 4 nitrogen and oxygen atoms in total. The van der Waals surface area contributed by atoms with Gasteiger partial charge in [-0.25, -0.2) is 0 Å². The fourth-order valence-electron chi connectivity index (χ4n) is 1.47. The van der Waals surface area contributed by atoms with Crippen LogP contribution in [-0.4, -0.2) is 23.4 Å². The van der Waals surface area contributed by atoms with Crippen molar-refractivity contribution in [3.63, 3.8) is 0 Å². The average Bonchev–Trinajstić information content (AvgIpc) is 2.23. The molecule has 2 unspecified atom stereocenters. The van der Waals surface area contributed by atoms with Crippen molar-refractivity contribution >= 4 is 11.6 Å². The quantitative estimate of drug-likeness (QED) is 0.758. The fraction of sp³-hybridized carbons (Fsp3) is 0.455. The standard InChI is InChI=1S/C11H16ClNO3/c1-5-4-7(16-3)11(15)8(9(5)12)10(14)6(2)13/h4,6,10,14-15H,13H2,1-3H3. The molecule has 0 bridgehead atoms. The molecular formula is C11H16ClNO3. The van der Waals surface area contributed by atoms with Gasteiger partial charge in [-0.2, -0.15) is 0 Å². The zero-order chi connectivity index (χ0) is 12.5. The molecule has 0 fully saturated rings. The van der Waals surface area contributed by atoms with Crippen molar-refractivity contribution in [2.45, 2.75) is 26.0 Å². The van der Waals surface area contributed by atoms with Crippen molar-refractivity contribution in [1.29, 1.82) is 0 Å². The Balaban J connectivity index is 3.41. The maximum absolute atomic E-state index is 9.89. The van der Waals surface area contributed by atoms with Crippen molar-refractivity contribution < 1.29 is 14.9 Å². The van der Waals surface area contributed by atoms with Crippen molar-refractivity contribution in [3.8, 4) is 11.5 Å². The van der Waals surface area contributed by atoms with E-state index in [4.69, 9.17) is 22.1 Å². The predicted octanol–water partition coefficient (Wildman–Crippen LogP) is 1.74. The van der Waals surface area contributed by atoms with E-state index in [1.54, 1.807) is 19.9 Å². The third-order valence-electron chi connectivity index (χ3n) is 2.43. The zero-order valence-electron chi connectivity index (χ0n) is 9.49. The first-order valence-corrected chi connectivity index (χ1v) is 5.27. The Hall–Kier alpha value is -0.970. The highest BCUT2D eigenvalue weighted by molar-refractivity contribution is 6.32. The van der Waals surface area contributed by atoms with Crippen LogP contribution in [0.15, 0.2) is 6.07 Å². The molecule has 0 saturated carbocycles. The number of benzene rings is 1. The van der Waals surface area contributed by atoms with Crippen LogP contribution in [0.3, 0.4) is 0 Å². The summed E-state index contributed by atoms with van der Waals surface area (Å²) in [6.45, 7) is 3.40. The summed E-state index contributed by atoms with van der Waals surface area (Å²) < 4.78 is 4.99. The molecule has 0 aliphatic carbocycles. The summed E-state index contributed by atoms with van der Waals surface area (Å²) in [5.74, 6) is 0.111. The van der Waals surface area contributed by atoms with Gasteiger partial charge in [0.1, 0.15) is 0 Å². The Morgan fingerprint density at radius 1 is 1.50 bits per heavy atom. The number of phenolic OH excluding ortho intramolecular Hbond substituents is 1. The molecule has 0 radical (unpaired) electrons. The monoisotopic (exact) mass is 245 g/mol. The normalized spacial score (nSPS) is 14.6. The number of phenols is 1. The van der Waals surface area contributed by atoms with E-state index >= 15 is 0 Å². The van der Waals surface area contributed by atoms with E-state index in [-0.39, 0.29) is 17.1 Å². The summed E-state index contributed by atoms with van der Waals surface area (Å²) in [4.78, 5) is 0. The van der Waals surface area contributed by atoms with Crippen LogP contribution >= 0.6 is 11.6 Å². The summed E-state index contributed by atoms with van der Waals surface area (Å²) in [6, 6.07) is 1.07. The summed E-state index contributed by atoms with van der Waals surface area (Å²) in [5, 5.41) is 20.1. The maximum Gasteiger partial charge on any atom is 0.165 e. The Labute approximate surface area is 99.6 Å². The molecule has 0 saturated heterocycles. The maximum atomic E-state index is 9.89. The Morgan fingerprint density at radius 3 is 2.50 bits per heavy atom. The first-order chi connectivity index (χ1) is 7.40. The molecule has 0 amide bonds. The van der Waals surface area contributed by atoms with Gasteiger partial charge < -0.3 is 20.7 Å². The molecule has 2 atom stereocenters. The minimum absolute atomic E-state index is 0.164. The predicted molar refractivity (Wildman–Crippen MR) is 63.0 cm³/mol. The smallest absolute Gasteiger partial charge is 0.165 e. The molecule has 1 aromatic rings. The van der Waals surface area contributed by atoms with Gasteiger partial charge in [-0.1, -0.05) is 11.6 Å². The number of hydrogen-bond donors (Lipinski definition) is 3. The third-order valence-corrected chi connectivity index (χ3v) is 2.93. The molecule has 0 aromatic heterocycles. The van der Waals surface area contributed by atoms with Gasteiger partial charge in [0.15, 0.2) is 11.5 Å². The lowest BCUT2D eigenvalue weighted by atomic mass is 10.00. The van der Waals surface area contributed by atoms with Crippen LogP contribution in [0.5, 0.6) is 11.5 Å². The molecular weight excluding hydrogens is 230 g/mol.